The molecule has 3 rings (SSSR count). The lowest BCUT2D eigenvalue weighted by Crippen LogP contribution is -2.21. The van der Waals surface area contributed by atoms with Crippen LogP contribution < -0.4 is 5.32 Å². The van der Waals surface area contributed by atoms with Gasteiger partial charge in [-0.25, -0.2) is 4.79 Å². The molecule has 0 spiro atoms. The van der Waals surface area contributed by atoms with E-state index in [1.807, 2.05) is 35.2 Å². The molecule has 0 bridgehead atoms. The van der Waals surface area contributed by atoms with Crippen molar-refractivity contribution in [2.75, 3.05) is 11.9 Å². The minimum Gasteiger partial charge on any atom is -0.508 e. The Kier molecular flexibility index (Phi) is 4.62. The van der Waals surface area contributed by atoms with Crippen LogP contribution >= 0.6 is 11.3 Å². The van der Waals surface area contributed by atoms with E-state index in [0.717, 1.165) is 0 Å². The van der Waals surface area contributed by atoms with E-state index in [1.54, 1.807) is 17.5 Å². The van der Waals surface area contributed by atoms with Gasteiger partial charge >= 0.3 is 5.97 Å². The summed E-state index contributed by atoms with van der Waals surface area (Å²) in [6, 6.07) is 11.6. The Balaban J connectivity index is 1.59. The predicted octanol–water partition coefficient (Wildman–Crippen LogP) is 3.04. The van der Waals surface area contributed by atoms with Gasteiger partial charge in [0.25, 0.3) is 5.91 Å². The molecular weight excluding hydrogens is 328 g/mol. The largest absolute Gasteiger partial charge is 0.508 e. The van der Waals surface area contributed by atoms with Gasteiger partial charge in [-0.2, -0.15) is 0 Å². The fourth-order valence-corrected chi connectivity index (χ4v) is 2.87. The van der Waals surface area contributed by atoms with Gasteiger partial charge in [0, 0.05) is 18.1 Å². The number of phenolic OH excluding ortho intramolecular Hbond substituents is 1. The van der Waals surface area contributed by atoms with Crippen molar-refractivity contribution >= 4 is 28.9 Å². The first kappa shape index (κ1) is 15.8. The van der Waals surface area contributed by atoms with Crippen LogP contribution in [0.3, 0.4) is 0 Å². The molecule has 0 atom stereocenters. The highest BCUT2D eigenvalue weighted by Gasteiger charge is 2.17. The molecule has 7 heteroatoms. The Morgan fingerprint density at radius 3 is 2.54 bits per heavy atom. The topological polar surface area (TPSA) is 80.6 Å². The normalized spacial score (nSPS) is 10.3. The van der Waals surface area contributed by atoms with Crippen molar-refractivity contribution < 1.29 is 19.4 Å². The van der Waals surface area contributed by atoms with E-state index in [0.29, 0.717) is 16.3 Å². The fourth-order valence-electron chi connectivity index (χ4n) is 2.09. The van der Waals surface area contributed by atoms with Gasteiger partial charge in [0.1, 0.15) is 10.6 Å². The molecule has 0 aliphatic heterocycles. The highest BCUT2D eigenvalue weighted by molar-refractivity contribution is 7.12. The summed E-state index contributed by atoms with van der Waals surface area (Å²) in [6.45, 7) is -0.386. The Morgan fingerprint density at radius 1 is 1.12 bits per heavy atom. The van der Waals surface area contributed by atoms with Crippen LogP contribution in [0, 0.1) is 0 Å². The van der Waals surface area contributed by atoms with Gasteiger partial charge in [0.05, 0.1) is 5.69 Å². The minimum absolute atomic E-state index is 0.106. The number of nitrogens with one attached hydrogen (secondary N) is 1. The zero-order chi connectivity index (χ0) is 16.9. The molecule has 0 fully saturated rings. The van der Waals surface area contributed by atoms with Gasteiger partial charge in [0.15, 0.2) is 6.61 Å². The maximum atomic E-state index is 12.2. The maximum absolute atomic E-state index is 12.2. The number of rotatable bonds is 5. The van der Waals surface area contributed by atoms with Crippen molar-refractivity contribution in [3.8, 4) is 11.4 Å². The molecule has 2 heterocycles. The summed E-state index contributed by atoms with van der Waals surface area (Å²) in [4.78, 5) is 24.5. The first-order valence-electron chi connectivity index (χ1n) is 7.10. The van der Waals surface area contributed by atoms with Gasteiger partial charge in [-0.1, -0.05) is 0 Å². The number of amides is 1. The average molecular weight is 342 g/mol. The van der Waals surface area contributed by atoms with E-state index in [2.05, 4.69) is 5.32 Å². The highest BCUT2D eigenvalue weighted by Crippen LogP contribution is 2.22. The number of anilines is 1. The number of thiophene rings is 1. The van der Waals surface area contributed by atoms with Crippen molar-refractivity contribution in [3.63, 3.8) is 0 Å². The molecular formula is C17H14N2O4S. The Hall–Kier alpha value is -3.06. The van der Waals surface area contributed by atoms with Crippen molar-refractivity contribution in [1.82, 2.24) is 4.57 Å². The molecule has 0 aliphatic rings. The number of nitrogens with zero attached hydrogens (tertiary/aromatic N) is 1. The van der Waals surface area contributed by atoms with Crippen molar-refractivity contribution in [2.24, 2.45) is 0 Å². The number of hydrogen-bond acceptors (Lipinski definition) is 5. The van der Waals surface area contributed by atoms with E-state index in [9.17, 15) is 14.7 Å². The molecule has 0 unspecified atom stereocenters. The summed E-state index contributed by atoms with van der Waals surface area (Å²) in [7, 11) is 0. The van der Waals surface area contributed by atoms with Crippen molar-refractivity contribution in [3.05, 3.63) is 65.1 Å². The lowest BCUT2D eigenvalue weighted by molar-refractivity contribution is -0.119. The van der Waals surface area contributed by atoms with Crippen LogP contribution in [0.2, 0.25) is 0 Å². The third kappa shape index (κ3) is 3.64. The zero-order valence-electron chi connectivity index (χ0n) is 12.5. The number of aromatic hydroxyl groups is 1. The summed E-state index contributed by atoms with van der Waals surface area (Å²) in [5.74, 6) is -0.891. The van der Waals surface area contributed by atoms with Crippen LogP contribution in [0.5, 0.6) is 5.75 Å². The lowest BCUT2D eigenvalue weighted by atomic mass is 10.3. The van der Waals surface area contributed by atoms with Crippen LogP contribution in [0.25, 0.3) is 5.69 Å². The predicted molar refractivity (Wildman–Crippen MR) is 90.7 cm³/mol. The molecule has 0 saturated heterocycles. The van der Waals surface area contributed by atoms with Gasteiger partial charge < -0.3 is 19.7 Å². The Labute approximate surface area is 141 Å². The molecule has 1 aromatic carbocycles. The van der Waals surface area contributed by atoms with Gasteiger partial charge in [-0.15, -0.1) is 11.3 Å². The van der Waals surface area contributed by atoms with Gasteiger partial charge in [0.2, 0.25) is 0 Å². The second-order valence-electron chi connectivity index (χ2n) is 4.90. The summed E-state index contributed by atoms with van der Waals surface area (Å²) < 4.78 is 6.89. The number of benzene rings is 1. The Morgan fingerprint density at radius 2 is 1.83 bits per heavy atom. The molecule has 0 saturated carbocycles. The second-order valence-corrected chi connectivity index (χ2v) is 5.81. The summed E-state index contributed by atoms with van der Waals surface area (Å²) in [5.41, 5.74) is 1.23. The quantitative estimate of drug-likeness (QED) is 0.552. The Bertz CT molecular complexity index is 838. The first-order valence-corrected chi connectivity index (χ1v) is 7.98. The third-order valence-electron chi connectivity index (χ3n) is 3.20. The fraction of sp³-hybridized carbons (Fsp3) is 0.0588. The zero-order valence-corrected chi connectivity index (χ0v) is 13.3. The smallest absolute Gasteiger partial charge is 0.350 e. The molecule has 122 valence electrons. The summed E-state index contributed by atoms with van der Waals surface area (Å²) in [5, 5.41) is 13.6. The van der Waals surface area contributed by atoms with Crippen LogP contribution in [0.15, 0.2) is 60.2 Å². The number of carbonyl (C=O) groups excluding carboxylic acids is 2. The van der Waals surface area contributed by atoms with E-state index < -0.39 is 11.9 Å². The molecule has 2 N–H and O–H groups in total. The van der Waals surface area contributed by atoms with Crippen LogP contribution in [0.1, 0.15) is 9.67 Å². The molecule has 2 aromatic heterocycles. The molecule has 24 heavy (non-hydrogen) atoms. The average Bonchev–Trinajstić information content (AvgIpc) is 3.25. The number of phenols is 1. The molecule has 0 radical (unpaired) electrons. The van der Waals surface area contributed by atoms with Crippen LogP contribution in [-0.2, 0) is 9.53 Å². The van der Waals surface area contributed by atoms with Gasteiger partial charge in [-0.05, 0) is 47.8 Å². The number of ether oxygens (including phenoxy) is 1. The second kappa shape index (κ2) is 7.01. The molecule has 1 amide bonds. The van der Waals surface area contributed by atoms with E-state index >= 15 is 0 Å². The number of aromatic nitrogens is 1. The minimum atomic E-state index is -0.547. The van der Waals surface area contributed by atoms with E-state index in [1.165, 1.54) is 23.5 Å². The molecule has 0 aliphatic carbocycles. The van der Waals surface area contributed by atoms with Crippen LogP contribution in [-0.4, -0.2) is 28.2 Å². The van der Waals surface area contributed by atoms with Crippen LogP contribution in [0.4, 0.5) is 5.69 Å². The molecule has 3 aromatic rings. The van der Waals surface area contributed by atoms with E-state index in [4.69, 9.17) is 4.74 Å². The number of hydrogen-bond donors (Lipinski definition) is 2. The third-order valence-corrected chi connectivity index (χ3v) is 4.08. The first-order chi connectivity index (χ1) is 11.6. The SMILES string of the molecule is O=C(COC(=O)c1sccc1-n1cccc1)Nc1ccc(O)cc1. The number of esters is 1. The van der Waals surface area contributed by atoms with Crippen molar-refractivity contribution in [2.45, 2.75) is 0 Å². The standard InChI is InChI=1S/C17H14N2O4S/c20-13-5-3-12(4-6-13)18-15(21)11-23-17(22)16-14(7-10-24-16)19-8-1-2-9-19/h1-10,20H,11H2,(H,18,21). The summed E-state index contributed by atoms with van der Waals surface area (Å²) >= 11 is 1.26. The monoisotopic (exact) mass is 342 g/mol. The maximum Gasteiger partial charge on any atom is 0.350 e. The lowest BCUT2D eigenvalue weighted by Gasteiger charge is -2.07. The van der Waals surface area contributed by atoms with Crippen molar-refractivity contribution in [1.29, 1.82) is 0 Å². The highest BCUT2D eigenvalue weighted by atomic mass is 32.1. The number of carbonyl (C=O) groups is 2. The van der Waals surface area contributed by atoms with E-state index in [-0.39, 0.29) is 12.4 Å². The van der Waals surface area contributed by atoms with Gasteiger partial charge in [-0.3, -0.25) is 4.79 Å². The summed E-state index contributed by atoms with van der Waals surface area (Å²) in [6.07, 6.45) is 3.66. The molecule has 6 nitrogen and oxygen atoms in total.